The van der Waals surface area contributed by atoms with Crippen molar-refractivity contribution in [2.75, 3.05) is 24.7 Å². The molecule has 1 aliphatic rings. The highest BCUT2D eigenvalue weighted by molar-refractivity contribution is 14.1. The molecule has 2 amide bonds. The summed E-state index contributed by atoms with van der Waals surface area (Å²) in [4.78, 5) is 26.3. The molecule has 42 heavy (non-hydrogen) atoms. The van der Waals surface area contributed by atoms with Gasteiger partial charge in [-0.15, -0.1) is 11.8 Å². The summed E-state index contributed by atoms with van der Waals surface area (Å²) >= 11 is 3.67. The van der Waals surface area contributed by atoms with E-state index in [1.807, 2.05) is 42.7 Å². The number of fused-ring (bicyclic) bond motifs is 1. The lowest BCUT2D eigenvalue weighted by molar-refractivity contribution is -0.118. The van der Waals surface area contributed by atoms with E-state index >= 15 is 0 Å². The van der Waals surface area contributed by atoms with Gasteiger partial charge in [0.05, 0.1) is 5.52 Å². The number of rotatable bonds is 7. The third kappa shape index (κ3) is 4.74. The van der Waals surface area contributed by atoms with Gasteiger partial charge < -0.3 is 15.3 Å². The maximum atomic E-state index is 13.5. The summed E-state index contributed by atoms with van der Waals surface area (Å²) in [5.41, 5.74) is 4.04. The van der Waals surface area contributed by atoms with Crippen molar-refractivity contribution in [1.29, 1.82) is 0 Å². The van der Waals surface area contributed by atoms with Gasteiger partial charge in [0.2, 0.25) is 5.91 Å². The number of nitrogens with one attached hydrogen (secondary N) is 1. The average molecular weight is 689 g/mol. The Bertz CT molecular complexity index is 1650. The molecule has 4 aromatic carbocycles. The summed E-state index contributed by atoms with van der Waals surface area (Å²) in [5, 5.41) is 18.6. The van der Waals surface area contributed by atoms with Crippen LogP contribution in [0.15, 0.2) is 109 Å². The van der Waals surface area contributed by atoms with E-state index in [-0.39, 0.29) is 12.5 Å². The SMILES string of the molecule is CSC1(C(=O)Nc2ccc3c(c2)c(I)nn3C(c2ccccc2)(c2ccccc2)c2ccccc2)CCN(C(=O)O)C1. The number of carbonyl (C=O) groups excluding carboxylic acids is 1. The van der Waals surface area contributed by atoms with E-state index in [9.17, 15) is 14.7 Å². The molecule has 0 radical (unpaired) electrons. The topological polar surface area (TPSA) is 87.5 Å². The first-order valence-corrected chi connectivity index (χ1v) is 15.9. The normalized spacial score (nSPS) is 17.0. The van der Waals surface area contributed by atoms with Gasteiger partial charge in [-0.3, -0.25) is 4.79 Å². The Labute approximate surface area is 262 Å². The highest BCUT2D eigenvalue weighted by Gasteiger charge is 2.46. The monoisotopic (exact) mass is 688 g/mol. The van der Waals surface area contributed by atoms with Crippen LogP contribution in [0.3, 0.4) is 0 Å². The molecule has 0 spiro atoms. The molecular weight excluding hydrogens is 659 g/mol. The molecule has 7 nitrogen and oxygen atoms in total. The van der Waals surface area contributed by atoms with E-state index in [2.05, 4.69) is 105 Å². The Balaban J connectivity index is 1.49. The lowest BCUT2D eigenvalue weighted by Gasteiger charge is -2.37. The minimum atomic E-state index is -0.999. The number of benzene rings is 4. The summed E-state index contributed by atoms with van der Waals surface area (Å²) < 4.78 is 2.08. The molecular formula is C33H29IN4O3S. The summed E-state index contributed by atoms with van der Waals surface area (Å²) in [5.74, 6) is -0.187. The Kier molecular flexibility index (Phi) is 7.71. The number of carboxylic acid groups (broad SMARTS) is 1. The second-order valence-corrected chi connectivity index (χ2v) is 12.6. The summed E-state index contributed by atoms with van der Waals surface area (Å²) in [7, 11) is 0. The number of aromatic nitrogens is 2. The number of amides is 2. The van der Waals surface area contributed by atoms with Gasteiger partial charge in [-0.05, 0) is 70.2 Å². The maximum absolute atomic E-state index is 13.5. The average Bonchev–Trinajstić information content (AvgIpc) is 3.62. The smallest absolute Gasteiger partial charge is 0.407 e. The van der Waals surface area contributed by atoms with Crippen molar-refractivity contribution >= 4 is 62.9 Å². The minimum Gasteiger partial charge on any atom is -0.465 e. The summed E-state index contributed by atoms with van der Waals surface area (Å²) in [6.07, 6.45) is 1.33. The van der Waals surface area contributed by atoms with Crippen molar-refractivity contribution in [2.24, 2.45) is 0 Å². The Morgan fingerprint density at radius 2 is 1.45 bits per heavy atom. The van der Waals surface area contributed by atoms with E-state index in [4.69, 9.17) is 5.10 Å². The Morgan fingerprint density at radius 3 is 1.93 bits per heavy atom. The van der Waals surface area contributed by atoms with Gasteiger partial charge in [0.15, 0.2) is 0 Å². The van der Waals surface area contributed by atoms with Crippen LogP contribution >= 0.6 is 34.4 Å². The second kappa shape index (κ2) is 11.4. The van der Waals surface area contributed by atoms with Crippen molar-refractivity contribution in [3.05, 3.63) is 130 Å². The van der Waals surface area contributed by atoms with Crippen LogP contribution in [-0.4, -0.2) is 55.9 Å². The highest BCUT2D eigenvalue weighted by atomic mass is 127. The zero-order valence-electron chi connectivity index (χ0n) is 22.9. The Morgan fingerprint density at radius 1 is 0.905 bits per heavy atom. The molecule has 0 saturated carbocycles. The summed E-state index contributed by atoms with van der Waals surface area (Å²) in [6.45, 7) is 0.509. The van der Waals surface area contributed by atoms with Gasteiger partial charge in [-0.2, -0.15) is 5.10 Å². The fourth-order valence-corrected chi connectivity index (χ4v) is 7.42. The van der Waals surface area contributed by atoms with E-state index in [1.54, 1.807) is 0 Å². The van der Waals surface area contributed by atoms with Crippen LogP contribution in [0.4, 0.5) is 10.5 Å². The number of halogens is 1. The predicted molar refractivity (Wildman–Crippen MR) is 176 cm³/mol. The maximum Gasteiger partial charge on any atom is 0.407 e. The third-order valence-corrected chi connectivity index (χ3v) is 10.2. The second-order valence-electron chi connectivity index (χ2n) is 10.3. The first-order chi connectivity index (χ1) is 20.4. The number of nitrogens with zero attached hydrogens (tertiary/aromatic N) is 3. The standard InChI is InChI=1S/C33H29IN4O3S/c1-42-32(19-20-37(22-32)31(40)41)30(39)35-26-17-18-28-27(21-26)29(34)36-38(28)33(23-11-5-2-6-12-23,24-13-7-3-8-14-24)25-15-9-4-10-16-25/h2-18,21H,19-20,22H2,1H3,(H,35,39)(H,40,41). The fourth-order valence-electron chi connectivity index (χ4n) is 5.95. The number of likely N-dealkylation sites (tertiary alicyclic amines) is 1. The van der Waals surface area contributed by atoms with E-state index in [1.165, 1.54) is 16.7 Å². The van der Waals surface area contributed by atoms with Crippen LogP contribution in [0.25, 0.3) is 10.9 Å². The predicted octanol–water partition coefficient (Wildman–Crippen LogP) is 6.91. The molecule has 1 aromatic heterocycles. The third-order valence-electron chi connectivity index (χ3n) is 8.09. The molecule has 1 aliphatic heterocycles. The number of carbonyl (C=O) groups is 2. The molecule has 2 N–H and O–H groups in total. The quantitative estimate of drug-likeness (QED) is 0.144. The van der Waals surface area contributed by atoms with Gasteiger partial charge in [-0.25, -0.2) is 9.48 Å². The molecule has 212 valence electrons. The van der Waals surface area contributed by atoms with Crippen molar-refractivity contribution in [1.82, 2.24) is 14.7 Å². The van der Waals surface area contributed by atoms with Gasteiger partial charge in [0.1, 0.15) is 14.0 Å². The highest BCUT2D eigenvalue weighted by Crippen LogP contribution is 2.43. The van der Waals surface area contributed by atoms with Crippen LogP contribution in [0, 0.1) is 3.70 Å². The number of thioether (sulfide) groups is 1. The minimum absolute atomic E-state index is 0.167. The van der Waals surface area contributed by atoms with Crippen molar-refractivity contribution < 1.29 is 14.7 Å². The Hall–Kier alpha value is -3.83. The summed E-state index contributed by atoms with van der Waals surface area (Å²) in [6, 6.07) is 37.1. The van der Waals surface area contributed by atoms with E-state index in [0.29, 0.717) is 18.7 Å². The molecule has 9 heteroatoms. The molecule has 2 heterocycles. The number of hydrogen-bond acceptors (Lipinski definition) is 4. The molecule has 0 bridgehead atoms. The molecule has 1 fully saturated rings. The van der Waals surface area contributed by atoms with Gasteiger partial charge in [0.25, 0.3) is 0 Å². The molecule has 1 unspecified atom stereocenters. The van der Waals surface area contributed by atoms with Gasteiger partial charge >= 0.3 is 6.09 Å². The van der Waals surface area contributed by atoms with E-state index in [0.717, 1.165) is 31.3 Å². The zero-order valence-corrected chi connectivity index (χ0v) is 25.9. The van der Waals surface area contributed by atoms with Crippen molar-refractivity contribution in [3.63, 3.8) is 0 Å². The van der Waals surface area contributed by atoms with E-state index < -0.39 is 16.4 Å². The molecule has 6 rings (SSSR count). The number of anilines is 1. The largest absolute Gasteiger partial charge is 0.465 e. The lowest BCUT2D eigenvalue weighted by Crippen LogP contribution is -2.43. The first kappa shape index (κ1) is 28.3. The van der Waals surface area contributed by atoms with Crippen LogP contribution in [0.5, 0.6) is 0 Å². The van der Waals surface area contributed by atoms with Crippen molar-refractivity contribution in [3.8, 4) is 0 Å². The van der Waals surface area contributed by atoms with Crippen LogP contribution in [0.2, 0.25) is 0 Å². The zero-order chi connectivity index (χ0) is 29.3. The first-order valence-electron chi connectivity index (χ1n) is 13.6. The fraction of sp³-hybridized carbons (Fsp3) is 0.182. The lowest BCUT2D eigenvalue weighted by atomic mass is 9.77. The number of hydrogen-bond donors (Lipinski definition) is 2. The van der Waals surface area contributed by atoms with Crippen LogP contribution < -0.4 is 5.32 Å². The van der Waals surface area contributed by atoms with Gasteiger partial charge in [0, 0.05) is 24.2 Å². The molecule has 1 atom stereocenters. The van der Waals surface area contributed by atoms with Crippen LogP contribution in [-0.2, 0) is 10.3 Å². The molecule has 5 aromatic rings. The van der Waals surface area contributed by atoms with Crippen LogP contribution in [0.1, 0.15) is 23.1 Å². The van der Waals surface area contributed by atoms with Crippen molar-refractivity contribution in [2.45, 2.75) is 16.7 Å². The van der Waals surface area contributed by atoms with Gasteiger partial charge in [-0.1, -0.05) is 91.0 Å². The molecule has 0 aliphatic carbocycles. The molecule has 1 saturated heterocycles.